The zero-order valence-corrected chi connectivity index (χ0v) is 21.5. The highest BCUT2D eigenvalue weighted by atomic mass is 32.2. The van der Waals surface area contributed by atoms with Crippen LogP contribution in [0.1, 0.15) is 45.6 Å². The van der Waals surface area contributed by atoms with Gasteiger partial charge in [-0.05, 0) is 50.6 Å². The van der Waals surface area contributed by atoms with E-state index in [4.69, 9.17) is 4.98 Å². The van der Waals surface area contributed by atoms with Crippen molar-refractivity contribution in [2.24, 2.45) is 0 Å². The first-order valence-electron chi connectivity index (χ1n) is 12.0. The van der Waals surface area contributed by atoms with Crippen LogP contribution in [-0.4, -0.2) is 57.3 Å². The van der Waals surface area contributed by atoms with E-state index in [1.54, 1.807) is 18.1 Å². The van der Waals surface area contributed by atoms with E-state index in [1.807, 2.05) is 26.2 Å². The molecule has 192 valence electrons. The first-order chi connectivity index (χ1) is 16.8. The number of pyridine rings is 1. The molecule has 0 aliphatic heterocycles. The lowest BCUT2D eigenvalue weighted by Crippen LogP contribution is -2.36. The molecule has 3 heterocycles. The van der Waals surface area contributed by atoms with Crippen LogP contribution < -0.4 is 14.9 Å². The van der Waals surface area contributed by atoms with E-state index in [9.17, 15) is 13.2 Å². The van der Waals surface area contributed by atoms with E-state index < -0.39 is 11.7 Å². The van der Waals surface area contributed by atoms with Crippen LogP contribution >= 0.6 is 11.9 Å². The van der Waals surface area contributed by atoms with Gasteiger partial charge in [-0.15, -0.1) is 0 Å². The molecule has 1 aliphatic carbocycles. The molecule has 7 nitrogen and oxygen atoms in total. The molecule has 1 unspecified atom stereocenters. The molecular formula is C24H34F3N7S. The fourth-order valence-electron chi connectivity index (χ4n) is 3.60. The van der Waals surface area contributed by atoms with Gasteiger partial charge in [0.1, 0.15) is 17.2 Å². The number of anilines is 1. The van der Waals surface area contributed by atoms with Crippen LogP contribution in [0.2, 0.25) is 0 Å². The summed E-state index contributed by atoms with van der Waals surface area (Å²) in [5, 5.41) is 3.53. The van der Waals surface area contributed by atoms with E-state index in [-0.39, 0.29) is 0 Å². The Kier molecular flexibility index (Phi) is 9.76. The number of hydrogen-bond acceptors (Lipinski definition) is 7. The maximum absolute atomic E-state index is 13.2. The van der Waals surface area contributed by atoms with E-state index in [0.29, 0.717) is 29.2 Å². The van der Waals surface area contributed by atoms with Crippen LogP contribution in [0.5, 0.6) is 0 Å². The fraction of sp³-hybridized carbons (Fsp3) is 0.542. The van der Waals surface area contributed by atoms with Gasteiger partial charge in [0.2, 0.25) is 0 Å². The van der Waals surface area contributed by atoms with Gasteiger partial charge in [-0.2, -0.15) is 13.2 Å². The summed E-state index contributed by atoms with van der Waals surface area (Å²) < 4.78 is 44.4. The summed E-state index contributed by atoms with van der Waals surface area (Å²) in [5.74, 6) is 1.09. The summed E-state index contributed by atoms with van der Waals surface area (Å²) in [6, 6.07) is 5.18. The number of rotatable bonds is 11. The standard InChI is InChI=1S/C22H28F3N7S.C2H6/c1-15(30-33-2)8-11-31(12-10-26-17-4-5-17)20-7-9-27-21(29-20)18-13-28-19-6-3-16(14-32(18)19)22(23,24)25;1-2/h3,6-7,9,13-15,17,26,30H,4-5,8,10-12H2,1-2H3;1-2H3. The zero-order valence-electron chi connectivity index (χ0n) is 20.6. The Hall–Kier alpha value is -2.37. The molecule has 0 bridgehead atoms. The van der Waals surface area contributed by atoms with E-state index in [1.165, 1.54) is 29.5 Å². The summed E-state index contributed by atoms with van der Waals surface area (Å²) in [6.07, 6.45) is 5.14. The molecule has 0 amide bonds. The third-order valence-electron chi connectivity index (χ3n) is 5.57. The first-order valence-corrected chi connectivity index (χ1v) is 13.2. The lowest BCUT2D eigenvalue weighted by atomic mass is 10.2. The van der Waals surface area contributed by atoms with Crippen molar-refractivity contribution < 1.29 is 13.2 Å². The molecule has 0 saturated heterocycles. The highest BCUT2D eigenvalue weighted by Gasteiger charge is 2.31. The predicted molar refractivity (Wildman–Crippen MR) is 137 cm³/mol. The second kappa shape index (κ2) is 12.5. The normalized spacial score (nSPS) is 14.5. The molecule has 2 N–H and O–H groups in total. The van der Waals surface area contributed by atoms with Crippen LogP contribution in [-0.2, 0) is 6.18 Å². The van der Waals surface area contributed by atoms with Crippen LogP contribution in [0.15, 0.2) is 36.8 Å². The van der Waals surface area contributed by atoms with Gasteiger partial charge in [-0.25, -0.2) is 15.0 Å². The molecule has 4 rings (SSSR count). The number of aromatic nitrogens is 4. The lowest BCUT2D eigenvalue weighted by Gasteiger charge is -2.26. The number of imidazole rings is 1. The first kappa shape index (κ1) is 27.2. The molecule has 3 aromatic heterocycles. The molecule has 35 heavy (non-hydrogen) atoms. The topological polar surface area (TPSA) is 70.4 Å². The van der Waals surface area contributed by atoms with Crippen LogP contribution in [0.4, 0.5) is 19.0 Å². The van der Waals surface area contributed by atoms with Crippen LogP contribution in [0.3, 0.4) is 0 Å². The largest absolute Gasteiger partial charge is 0.417 e. The minimum absolute atomic E-state index is 0.333. The number of fused-ring (bicyclic) bond motifs is 1. The molecule has 1 saturated carbocycles. The molecule has 1 fully saturated rings. The van der Waals surface area contributed by atoms with Gasteiger partial charge in [0.05, 0.1) is 11.8 Å². The predicted octanol–water partition coefficient (Wildman–Crippen LogP) is 5.04. The fourth-order valence-corrected chi connectivity index (χ4v) is 4.12. The minimum Gasteiger partial charge on any atom is -0.355 e. The van der Waals surface area contributed by atoms with Crippen molar-refractivity contribution in [2.45, 2.75) is 58.3 Å². The Bertz CT molecular complexity index is 1070. The maximum atomic E-state index is 13.2. The monoisotopic (exact) mass is 509 g/mol. The van der Waals surface area contributed by atoms with E-state index in [0.717, 1.165) is 44.1 Å². The smallest absolute Gasteiger partial charge is 0.355 e. The second-order valence-corrected chi connectivity index (χ2v) is 8.90. The van der Waals surface area contributed by atoms with E-state index in [2.05, 4.69) is 31.8 Å². The lowest BCUT2D eigenvalue weighted by molar-refractivity contribution is -0.137. The zero-order chi connectivity index (χ0) is 25.4. The quantitative estimate of drug-likeness (QED) is 0.351. The molecule has 11 heteroatoms. The number of nitrogens with one attached hydrogen (secondary N) is 2. The number of alkyl halides is 3. The maximum Gasteiger partial charge on any atom is 0.417 e. The van der Waals surface area contributed by atoms with Gasteiger partial charge in [0.25, 0.3) is 0 Å². The molecule has 0 spiro atoms. The van der Waals surface area contributed by atoms with Crippen molar-refractivity contribution in [2.75, 3.05) is 30.8 Å². The minimum atomic E-state index is -4.44. The highest BCUT2D eigenvalue weighted by Crippen LogP contribution is 2.30. The Balaban J connectivity index is 0.00000167. The van der Waals surface area contributed by atoms with Crippen molar-refractivity contribution in [3.8, 4) is 11.5 Å². The molecule has 1 aliphatic rings. The number of halogens is 3. The molecule has 1 atom stereocenters. The number of hydrogen-bond donors (Lipinski definition) is 2. The van der Waals surface area contributed by atoms with Crippen molar-refractivity contribution in [3.05, 3.63) is 42.4 Å². The van der Waals surface area contributed by atoms with Gasteiger partial charge < -0.3 is 10.2 Å². The van der Waals surface area contributed by atoms with Crippen molar-refractivity contribution >= 4 is 23.4 Å². The SMILES string of the molecule is CC.CSNC(C)CCN(CCNC1CC1)c1ccnc(-c2cnc3ccc(C(F)(F)F)cn23)n1. The van der Waals surface area contributed by atoms with Gasteiger partial charge in [-0.1, -0.05) is 25.8 Å². The van der Waals surface area contributed by atoms with E-state index >= 15 is 0 Å². The Labute approximate surface area is 209 Å². The third kappa shape index (κ3) is 7.55. The summed E-state index contributed by atoms with van der Waals surface area (Å²) in [7, 11) is 0. The van der Waals surface area contributed by atoms with Gasteiger partial charge in [-0.3, -0.25) is 9.12 Å². The van der Waals surface area contributed by atoms with Crippen molar-refractivity contribution in [1.82, 2.24) is 29.4 Å². The molecule has 0 radical (unpaired) electrons. The van der Waals surface area contributed by atoms with Crippen LogP contribution in [0, 0.1) is 0 Å². The van der Waals surface area contributed by atoms with Crippen LogP contribution in [0.25, 0.3) is 17.2 Å². The molecule has 0 aromatic carbocycles. The summed E-state index contributed by atoms with van der Waals surface area (Å²) in [5.41, 5.74) is 0.0920. The Morgan fingerprint density at radius 1 is 1.17 bits per heavy atom. The number of nitrogens with zero attached hydrogens (tertiary/aromatic N) is 5. The average Bonchev–Trinajstić information content (AvgIpc) is 3.58. The molecular weight excluding hydrogens is 475 g/mol. The van der Waals surface area contributed by atoms with Gasteiger partial charge in [0, 0.05) is 44.1 Å². The molecule has 3 aromatic rings. The summed E-state index contributed by atoms with van der Waals surface area (Å²) in [6.45, 7) is 8.56. The Morgan fingerprint density at radius 2 is 1.94 bits per heavy atom. The van der Waals surface area contributed by atoms with Gasteiger partial charge >= 0.3 is 6.18 Å². The second-order valence-electron chi connectivity index (χ2n) is 8.25. The average molecular weight is 510 g/mol. The highest BCUT2D eigenvalue weighted by molar-refractivity contribution is 7.96. The van der Waals surface area contributed by atoms with Crippen molar-refractivity contribution in [1.29, 1.82) is 0 Å². The Morgan fingerprint density at radius 3 is 2.63 bits per heavy atom. The van der Waals surface area contributed by atoms with Crippen molar-refractivity contribution in [3.63, 3.8) is 0 Å². The summed E-state index contributed by atoms with van der Waals surface area (Å²) in [4.78, 5) is 15.5. The van der Waals surface area contributed by atoms with Gasteiger partial charge in [0.15, 0.2) is 5.82 Å². The summed E-state index contributed by atoms with van der Waals surface area (Å²) >= 11 is 1.60. The third-order valence-corrected chi connectivity index (χ3v) is 6.21.